The molecule has 0 amide bonds. The third kappa shape index (κ3) is 5.04. The molecule has 0 aliphatic carbocycles. The number of rotatable bonds is 3. The number of hydrogen-bond acceptors (Lipinski definition) is 5. The van der Waals surface area contributed by atoms with Crippen LogP contribution in [0.25, 0.3) is 0 Å². The van der Waals surface area contributed by atoms with Gasteiger partial charge < -0.3 is 14.8 Å². The van der Waals surface area contributed by atoms with Crippen molar-refractivity contribution in [3.8, 4) is 0 Å². The molecule has 1 rings (SSSR count). The summed E-state index contributed by atoms with van der Waals surface area (Å²) >= 11 is 0. The fourth-order valence-corrected chi connectivity index (χ4v) is 1.76. The molecule has 1 aliphatic heterocycles. The number of hydrogen-bond donors (Lipinski definition) is 1. The molecule has 0 bridgehead atoms. The molecular formula is C13H23NO4. The molecule has 104 valence electrons. The average Bonchev–Trinajstić information content (AvgIpc) is 2.27. The first kappa shape index (κ1) is 15.0. The Kier molecular flexibility index (Phi) is 5.14. The van der Waals surface area contributed by atoms with E-state index in [-0.39, 0.29) is 11.9 Å². The van der Waals surface area contributed by atoms with Gasteiger partial charge in [0.2, 0.25) is 0 Å². The van der Waals surface area contributed by atoms with Crippen LogP contribution in [0.15, 0.2) is 0 Å². The van der Waals surface area contributed by atoms with Crippen molar-refractivity contribution in [1.82, 2.24) is 5.32 Å². The van der Waals surface area contributed by atoms with E-state index in [2.05, 4.69) is 5.32 Å². The second-order valence-corrected chi connectivity index (χ2v) is 5.66. The summed E-state index contributed by atoms with van der Waals surface area (Å²) < 4.78 is 10.3. The Hall–Kier alpha value is -1.10. The van der Waals surface area contributed by atoms with Gasteiger partial charge in [0, 0.05) is 6.54 Å². The van der Waals surface area contributed by atoms with E-state index in [4.69, 9.17) is 9.47 Å². The molecule has 5 nitrogen and oxygen atoms in total. The van der Waals surface area contributed by atoms with Gasteiger partial charge in [-0.25, -0.2) is 4.79 Å². The van der Waals surface area contributed by atoms with E-state index in [1.165, 1.54) is 0 Å². The van der Waals surface area contributed by atoms with Gasteiger partial charge in [0.1, 0.15) is 5.60 Å². The van der Waals surface area contributed by atoms with Crippen LogP contribution >= 0.6 is 0 Å². The lowest BCUT2D eigenvalue weighted by Crippen LogP contribution is -2.39. The zero-order valence-corrected chi connectivity index (χ0v) is 11.6. The molecule has 0 unspecified atom stereocenters. The van der Waals surface area contributed by atoms with Crippen LogP contribution in [0.5, 0.6) is 0 Å². The SMILES string of the molecule is C[C@H](OC(=O)[C@H]1CCCNC1)C(=O)OC(C)(C)C. The third-order valence-electron chi connectivity index (χ3n) is 2.66. The molecule has 0 aromatic rings. The molecule has 1 N–H and O–H groups in total. The van der Waals surface area contributed by atoms with E-state index < -0.39 is 17.7 Å². The summed E-state index contributed by atoms with van der Waals surface area (Å²) in [6.45, 7) is 8.45. The first-order chi connectivity index (χ1) is 8.29. The summed E-state index contributed by atoms with van der Waals surface area (Å²) in [5.41, 5.74) is -0.565. The first-order valence-electron chi connectivity index (χ1n) is 6.43. The fourth-order valence-electron chi connectivity index (χ4n) is 1.76. The Morgan fingerprint density at radius 2 is 2.00 bits per heavy atom. The minimum atomic E-state index is -0.848. The summed E-state index contributed by atoms with van der Waals surface area (Å²) in [7, 11) is 0. The average molecular weight is 257 g/mol. The van der Waals surface area contributed by atoms with Crippen LogP contribution in [0, 0.1) is 5.92 Å². The van der Waals surface area contributed by atoms with Crippen molar-refractivity contribution in [3.05, 3.63) is 0 Å². The predicted molar refractivity (Wildman–Crippen MR) is 67.0 cm³/mol. The highest BCUT2D eigenvalue weighted by molar-refractivity contribution is 5.80. The van der Waals surface area contributed by atoms with Crippen molar-refractivity contribution in [2.75, 3.05) is 13.1 Å². The topological polar surface area (TPSA) is 64.6 Å². The molecule has 1 aliphatic rings. The maximum absolute atomic E-state index is 11.8. The number of carbonyl (C=O) groups is 2. The molecule has 5 heteroatoms. The van der Waals surface area contributed by atoms with Gasteiger partial charge in [0.05, 0.1) is 5.92 Å². The second-order valence-electron chi connectivity index (χ2n) is 5.66. The van der Waals surface area contributed by atoms with Crippen molar-refractivity contribution in [2.24, 2.45) is 5.92 Å². The van der Waals surface area contributed by atoms with Gasteiger partial charge in [0.15, 0.2) is 6.10 Å². The van der Waals surface area contributed by atoms with Crippen molar-refractivity contribution in [3.63, 3.8) is 0 Å². The number of carbonyl (C=O) groups excluding carboxylic acids is 2. The smallest absolute Gasteiger partial charge is 0.347 e. The number of ether oxygens (including phenoxy) is 2. The summed E-state index contributed by atoms with van der Waals surface area (Å²) in [5, 5.41) is 3.14. The Bertz CT molecular complexity index is 303. The highest BCUT2D eigenvalue weighted by Gasteiger charge is 2.28. The maximum Gasteiger partial charge on any atom is 0.347 e. The quantitative estimate of drug-likeness (QED) is 0.771. The van der Waals surface area contributed by atoms with Crippen molar-refractivity contribution >= 4 is 11.9 Å². The van der Waals surface area contributed by atoms with Crippen molar-refractivity contribution < 1.29 is 19.1 Å². The molecule has 1 saturated heterocycles. The zero-order valence-electron chi connectivity index (χ0n) is 11.6. The van der Waals surface area contributed by atoms with Crippen LogP contribution in [-0.4, -0.2) is 36.7 Å². The van der Waals surface area contributed by atoms with Crippen LogP contribution < -0.4 is 5.32 Å². The largest absolute Gasteiger partial charge is 0.457 e. The lowest BCUT2D eigenvalue weighted by Gasteiger charge is -2.25. The Labute approximate surface area is 108 Å². The second kappa shape index (κ2) is 6.18. The normalized spacial score (nSPS) is 22.1. The third-order valence-corrected chi connectivity index (χ3v) is 2.66. The van der Waals surface area contributed by atoms with Gasteiger partial charge in [-0.3, -0.25) is 4.79 Å². The van der Waals surface area contributed by atoms with Gasteiger partial charge in [-0.05, 0) is 47.1 Å². The lowest BCUT2D eigenvalue weighted by molar-refractivity contribution is -0.176. The van der Waals surface area contributed by atoms with Gasteiger partial charge in [-0.1, -0.05) is 0 Å². The highest BCUT2D eigenvalue weighted by Crippen LogP contribution is 2.14. The van der Waals surface area contributed by atoms with Crippen LogP contribution in [0.4, 0.5) is 0 Å². The monoisotopic (exact) mass is 257 g/mol. The van der Waals surface area contributed by atoms with Crippen LogP contribution in [-0.2, 0) is 19.1 Å². The van der Waals surface area contributed by atoms with Crippen molar-refractivity contribution in [1.29, 1.82) is 0 Å². The molecule has 1 heterocycles. The van der Waals surface area contributed by atoms with Gasteiger partial charge in [-0.2, -0.15) is 0 Å². The van der Waals surface area contributed by atoms with Crippen molar-refractivity contribution in [2.45, 2.75) is 52.2 Å². The van der Waals surface area contributed by atoms with E-state index in [9.17, 15) is 9.59 Å². The number of nitrogens with one attached hydrogen (secondary N) is 1. The van der Waals surface area contributed by atoms with E-state index in [1.807, 2.05) is 0 Å². The number of esters is 2. The van der Waals surface area contributed by atoms with E-state index >= 15 is 0 Å². The standard InChI is InChI=1S/C13H23NO4/c1-9(11(15)18-13(2,3)4)17-12(16)10-6-5-7-14-8-10/h9-10,14H,5-8H2,1-4H3/t9-,10-/m0/s1. The Balaban J connectivity index is 2.41. The molecule has 0 radical (unpaired) electrons. The zero-order chi connectivity index (χ0) is 13.8. The van der Waals surface area contributed by atoms with Crippen LogP contribution in [0.2, 0.25) is 0 Å². The molecule has 0 saturated carbocycles. The highest BCUT2D eigenvalue weighted by atomic mass is 16.6. The van der Waals surface area contributed by atoms with Gasteiger partial charge in [0.25, 0.3) is 0 Å². The summed E-state index contributed by atoms with van der Waals surface area (Å²) in [4.78, 5) is 23.5. The maximum atomic E-state index is 11.8. The molecule has 0 aromatic heterocycles. The molecule has 0 aromatic carbocycles. The Morgan fingerprint density at radius 3 is 2.50 bits per heavy atom. The van der Waals surface area contributed by atoms with Crippen LogP contribution in [0.1, 0.15) is 40.5 Å². The summed E-state index contributed by atoms with van der Waals surface area (Å²) in [5.74, 6) is -0.969. The van der Waals surface area contributed by atoms with Gasteiger partial charge in [-0.15, -0.1) is 0 Å². The molecule has 2 atom stereocenters. The molecule has 1 fully saturated rings. The summed E-state index contributed by atoms with van der Waals surface area (Å²) in [6, 6.07) is 0. The fraction of sp³-hybridized carbons (Fsp3) is 0.846. The molecular weight excluding hydrogens is 234 g/mol. The summed E-state index contributed by atoms with van der Waals surface area (Å²) in [6.07, 6.45) is 0.923. The van der Waals surface area contributed by atoms with E-state index in [0.717, 1.165) is 19.4 Å². The predicted octanol–water partition coefficient (Wildman–Crippen LogP) is 1.26. The van der Waals surface area contributed by atoms with E-state index in [0.29, 0.717) is 6.54 Å². The number of piperidine rings is 1. The minimum Gasteiger partial charge on any atom is -0.457 e. The first-order valence-corrected chi connectivity index (χ1v) is 6.43. The Morgan fingerprint density at radius 1 is 1.33 bits per heavy atom. The van der Waals surface area contributed by atoms with Crippen LogP contribution in [0.3, 0.4) is 0 Å². The lowest BCUT2D eigenvalue weighted by atomic mass is 10.00. The molecule has 18 heavy (non-hydrogen) atoms. The minimum absolute atomic E-state index is 0.149. The molecule has 0 spiro atoms. The van der Waals surface area contributed by atoms with Gasteiger partial charge >= 0.3 is 11.9 Å². The van der Waals surface area contributed by atoms with E-state index in [1.54, 1.807) is 27.7 Å².